The van der Waals surface area contributed by atoms with E-state index in [2.05, 4.69) is 14.7 Å². The zero-order chi connectivity index (χ0) is 30.8. The van der Waals surface area contributed by atoms with Crippen LogP contribution in [0.1, 0.15) is 31.3 Å². The van der Waals surface area contributed by atoms with Gasteiger partial charge in [-0.15, -0.1) is 13.2 Å². The van der Waals surface area contributed by atoms with Gasteiger partial charge in [-0.3, -0.25) is 4.79 Å². The first-order chi connectivity index (χ1) is 18.8. The Balaban J connectivity index is 2.03. The Morgan fingerprint density at radius 1 is 1.17 bits per heavy atom. The second-order valence-electron chi connectivity index (χ2n) is 5.48. The number of benzene rings is 2. The fraction of sp³-hybridized carbons (Fsp3) is 0.190. The van der Waals surface area contributed by atoms with Crippen molar-refractivity contribution in [3.8, 4) is 22.6 Å². The molecule has 0 bridgehead atoms. The number of nitrogens with zero attached hydrogens (tertiary/aromatic N) is 3. The molecule has 0 fully saturated rings. The summed E-state index contributed by atoms with van der Waals surface area (Å²) in [7, 11) is 0. The topological polar surface area (TPSA) is 64.6 Å². The highest BCUT2D eigenvalue weighted by molar-refractivity contribution is 5.98. The summed E-state index contributed by atoms with van der Waals surface area (Å²) >= 11 is 0. The lowest BCUT2D eigenvalue weighted by molar-refractivity contribution is -0.274. The maximum atomic E-state index is 13.8. The van der Waals surface area contributed by atoms with Crippen LogP contribution in [0.2, 0.25) is 0 Å². The van der Waals surface area contributed by atoms with Crippen LogP contribution in [0.3, 0.4) is 0 Å². The van der Waals surface area contributed by atoms with Crippen molar-refractivity contribution >= 4 is 5.91 Å². The van der Waals surface area contributed by atoms with Gasteiger partial charge in [-0.2, -0.15) is 0 Å². The summed E-state index contributed by atoms with van der Waals surface area (Å²) in [6, 6.07) is -6.80. The van der Waals surface area contributed by atoms with Gasteiger partial charge in [0, 0.05) is 12.4 Å². The largest absolute Gasteiger partial charge is 0.573 e. The van der Waals surface area contributed by atoms with E-state index in [4.69, 9.17) is 19.8 Å². The average Bonchev–Trinajstić information content (AvgIpc) is 2.99. The van der Waals surface area contributed by atoms with E-state index in [0.717, 1.165) is 12.4 Å². The van der Waals surface area contributed by atoms with Crippen molar-refractivity contribution in [2.45, 2.75) is 12.9 Å². The first kappa shape index (κ1) is 10.4. The van der Waals surface area contributed by atoms with Gasteiger partial charge in [0.15, 0.2) is 0 Å². The molecule has 1 aliphatic heterocycles. The number of halogens is 3. The summed E-state index contributed by atoms with van der Waals surface area (Å²) < 4.78 is 139. The third-order valence-corrected chi connectivity index (χ3v) is 3.48. The Hall–Kier alpha value is -3.62. The van der Waals surface area contributed by atoms with Gasteiger partial charge >= 0.3 is 6.36 Å². The Kier molecular flexibility index (Phi) is 2.78. The van der Waals surface area contributed by atoms with Crippen molar-refractivity contribution in [2.75, 3.05) is 13.1 Å². The van der Waals surface area contributed by atoms with E-state index in [9.17, 15) is 18.0 Å². The van der Waals surface area contributed by atoms with Crippen LogP contribution >= 0.6 is 0 Å². The highest BCUT2D eigenvalue weighted by atomic mass is 19.4. The van der Waals surface area contributed by atoms with Crippen LogP contribution in [-0.4, -0.2) is 40.2 Å². The van der Waals surface area contributed by atoms with Crippen LogP contribution in [0.15, 0.2) is 60.8 Å². The third-order valence-electron chi connectivity index (χ3n) is 3.48. The molecule has 0 radical (unpaired) electrons. The molecule has 1 aromatic heterocycles. The minimum atomic E-state index is -5.39. The van der Waals surface area contributed by atoms with Crippen molar-refractivity contribution in [3.05, 3.63) is 72.1 Å². The molecule has 6 nitrogen and oxygen atoms in total. The zero-order valence-electron chi connectivity index (χ0n) is 25.6. The second kappa shape index (κ2) is 8.02. The quantitative estimate of drug-likeness (QED) is 0.629. The van der Waals surface area contributed by atoms with Gasteiger partial charge in [-0.25, -0.2) is 9.97 Å². The van der Waals surface area contributed by atoms with Crippen molar-refractivity contribution in [1.29, 1.82) is 0 Å². The second-order valence-corrected chi connectivity index (χ2v) is 5.48. The number of carbonyl (C=O) groups excluding carboxylic acids is 1. The van der Waals surface area contributed by atoms with Crippen LogP contribution in [0.4, 0.5) is 13.2 Å². The third kappa shape index (κ3) is 4.51. The lowest BCUT2D eigenvalue weighted by atomic mass is 10.0. The lowest BCUT2D eigenvalue weighted by Crippen LogP contribution is -2.32. The molecule has 0 spiro atoms. The van der Waals surface area contributed by atoms with Crippen molar-refractivity contribution in [1.82, 2.24) is 14.9 Å². The number of hydrogen-bond acceptors (Lipinski definition) is 5. The number of hydrogen-bond donors (Lipinski definition) is 0. The lowest BCUT2D eigenvalue weighted by Gasteiger charge is -2.19. The maximum Gasteiger partial charge on any atom is 0.573 e. The van der Waals surface area contributed by atoms with Crippen LogP contribution in [0.5, 0.6) is 11.5 Å². The van der Waals surface area contributed by atoms with Gasteiger partial charge in [-0.1, -0.05) is 18.1 Å². The molecule has 30 heavy (non-hydrogen) atoms. The van der Waals surface area contributed by atoms with Gasteiger partial charge in [0.05, 0.1) is 33.6 Å². The normalized spacial score (nSPS) is 21.4. The fourth-order valence-electron chi connectivity index (χ4n) is 2.27. The molecule has 1 aliphatic rings. The van der Waals surface area contributed by atoms with E-state index in [-0.39, 0.29) is 4.90 Å². The molecule has 9 heteroatoms. The number of ether oxygens (including phenoxy) is 2. The molecule has 3 aromatic rings. The van der Waals surface area contributed by atoms with E-state index in [0.29, 0.717) is 0 Å². The molecule has 2 aromatic carbocycles. The number of fused-ring (bicyclic) bond motifs is 1. The first-order valence-corrected chi connectivity index (χ1v) is 8.08. The number of carbonyl (C=O) groups is 1. The number of aromatic nitrogens is 2. The minimum Gasteiger partial charge on any atom is -0.491 e. The monoisotopic (exact) mass is 426 g/mol. The molecular weight excluding hydrogens is 399 g/mol. The molecule has 2 heterocycles. The Morgan fingerprint density at radius 3 is 2.57 bits per heavy atom. The van der Waals surface area contributed by atoms with Crippen molar-refractivity contribution in [2.24, 2.45) is 0 Å². The molecule has 4 rings (SSSR count). The van der Waals surface area contributed by atoms with E-state index in [1.54, 1.807) is 0 Å². The molecule has 1 amide bonds. The van der Waals surface area contributed by atoms with Crippen molar-refractivity contribution < 1.29 is 42.5 Å². The van der Waals surface area contributed by atoms with Crippen LogP contribution in [-0.2, 0) is 6.50 Å². The molecule has 0 atom stereocenters. The van der Waals surface area contributed by atoms with Gasteiger partial charge in [0.1, 0.15) is 23.9 Å². The van der Waals surface area contributed by atoms with E-state index < -0.39 is 108 Å². The van der Waals surface area contributed by atoms with Crippen LogP contribution in [0.25, 0.3) is 11.1 Å². The average molecular weight is 426 g/mol. The Morgan fingerprint density at radius 2 is 1.87 bits per heavy atom. The molecule has 0 saturated heterocycles. The smallest absolute Gasteiger partial charge is 0.491 e. The van der Waals surface area contributed by atoms with Crippen LogP contribution < -0.4 is 9.47 Å². The summed E-state index contributed by atoms with van der Waals surface area (Å²) in [5.74, 6) is -4.54. The van der Waals surface area contributed by atoms with E-state index in [1.165, 1.54) is 6.07 Å². The summed E-state index contributed by atoms with van der Waals surface area (Å²) in [5.41, 5.74) is -2.81. The van der Waals surface area contributed by atoms with Gasteiger partial charge in [0.2, 0.25) is 0 Å². The standard InChI is InChI=1S/C21H16F3N3O3/c22-21(23,24)30-16-5-2-14(3-6-16)15-4-7-18-17(12-15)20(28)27(10-11-29-18)13-19-25-8-1-9-26-19/h1-9,12H,10-11,13H2/i2D,3D,4D,5D,6D,7D,10D2,12D,13D2. The van der Waals surface area contributed by atoms with E-state index in [1.807, 2.05) is 0 Å². The highest BCUT2D eigenvalue weighted by Crippen LogP contribution is 2.31. The first-order valence-electron chi connectivity index (χ1n) is 13.6. The van der Waals surface area contributed by atoms with E-state index >= 15 is 0 Å². The molecule has 0 unspecified atom stereocenters. The predicted octanol–water partition coefficient (Wildman–Crippen LogP) is 4.08. The zero-order valence-corrected chi connectivity index (χ0v) is 14.6. The van der Waals surface area contributed by atoms with Crippen LogP contribution in [0, 0.1) is 0 Å². The maximum absolute atomic E-state index is 13.8. The minimum absolute atomic E-state index is 0.0291. The van der Waals surface area contributed by atoms with Gasteiger partial charge in [0.25, 0.3) is 5.91 Å². The molecular formula is C21H16F3N3O3. The molecule has 0 saturated carbocycles. The number of rotatable bonds is 4. The van der Waals surface area contributed by atoms with Crippen molar-refractivity contribution in [3.63, 3.8) is 0 Å². The SMILES string of the molecule is [2H]c1c([2H])c(-c2c([2H])c([2H])c3c(c2[2H])C(=O)N(C([2H])([2H])c2ncccn2)C([2H])([2H])CO3)c([2H])c([2H])c1OC(F)(F)F. The summed E-state index contributed by atoms with van der Waals surface area (Å²) in [5, 5.41) is 0. The fourth-order valence-corrected chi connectivity index (χ4v) is 2.27. The van der Waals surface area contributed by atoms with Gasteiger partial charge in [-0.05, 0) is 41.4 Å². The number of amides is 1. The Labute approximate surface area is 185 Å². The summed E-state index contributed by atoms with van der Waals surface area (Å²) in [6.45, 7) is -7.12. The predicted molar refractivity (Wildman–Crippen MR) is 101 cm³/mol. The van der Waals surface area contributed by atoms with Gasteiger partial charge < -0.3 is 14.4 Å². The summed E-state index contributed by atoms with van der Waals surface area (Å²) in [4.78, 5) is 21.3. The summed E-state index contributed by atoms with van der Waals surface area (Å²) in [6.07, 6.45) is -3.14. The molecule has 0 N–H and O–H groups in total. The Bertz CT molecular complexity index is 1540. The molecule has 0 aliphatic carbocycles. The molecule has 154 valence electrons. The number of alkyl halides is 3. The highest BCUT2D eigenvalue weighted by Gasteiger charge is 2.31.